The maximum absolute atomic E-state index is 13.1. The Hall–Kier alpha value is -4.21. The van der Waals surface area contributed by atoms with Crippen molar-refractivity contribution in [2.75, 3.05) is 6.54 Å². The van der Waals surface area contributed by atoms with E-state index < -0.39 is 0 Å². The maximum Gasteiger partial charge on any atom is 0.261 e. The number of thioether (sulfide) groups is 1. The number of hydrogen-bond acceptors (Lipinski definition) is 7. The summed E-state index contributed by atoms with van der Waals surface area (Å²) in [5, 5.41) is 16.0. The molecular weight excluding hydrogens is 542 g/mol. The number of benzene rings is 4. The number of carbonyl (C=O) groups excluding carboxylic acids is 2. The summed E-state index contributed by atoms with van der Waals surface area (Å²) < 4.78 is 6.63. The van der Waals surface area contributed by atoms with Crippen LogP contribution in [0.3, 0.4) is 0 Å². The number of ether oxygens (including phenoxy) is 1. The van der Waals surface area contributed by atoms with Crippen molar-refractivity contribution in [1.29, 1.82) is 0 Å². The molecule has 0 saturated heterocycles. The molecular formula is C31H27N3O4S2. The molecule has 0 saturated carbocycles. The van der Waals surface area contributed by atoms with Gasteiger partial charge in [0.1, 0.15) is 17.2 Å². The van der Waals surface area contributed by atoms with Crippen molar-refractivity contribution >= 4 is 57.1 Å². The third-order valence-corrected chi connectivity index (χ3v) is 7.76. The first kappa shape index (κ1) is 27.4. The zero-order chi connectivity index (χ0) is 28.1. The highest BCUT2D eigenvalue weighted by atomic mass is 32.2. The summed E-state index contributed by atoms with van der Waals surface area (Å²) >= 11 is 6.78. The fraction of sp³-hybridized carbons (Fsp3) is 0.161. The third-order valence-electron chi connectivity index (χ3n) is 6.49. The lowest BCUT2D eigenvalue weighted by atomic mass is 9.93. The molecule has 0 spiro atoms. The largest absolute Gasteiger partial charge is 0.507 e. The fourth-order valence-corrected chi connectivity index (χ4v) is 5.30. The molecule has 0 atom stereocenters. The number of aromatic hydroxyl groups is 1. The van der Waals surface area contributed by atoms with Gasteiger partial charge in [-0.15, -0.1) is 0 Å². The molecule has 0 radical (unpaired) electrons. The van der Waals surface area contributed by atoms with Crippen molar-refractivity contribution in [3.8, 4) is 17.2 Å². The van der Waals surface area contributed by atoms with Crippen molar-refractivity contribution in [3.63, 3.8) is 0 Å². The second-order valence-electron chi connectivity index (χ2n) is 9.21. The van der Waals surface area contributed by atoms with Gasteiger partial charge < -0.3 is 9.84 Å². The molecule has 1 aliphatic heterocycles. The molecule has 2 N–H and O–H groups in total. The van der Waals surface area contributed by atoms with Gasteiger partial charge in [0.2, 0.25) is 0 Å². The molecule has 4 aromatic rings. The second kappa shape index (κ2) is 12.3. The zero-order valence-electron chi connectivity index (χ0n) is 21.8. The number of unbranched alkanes of at least 4 members (excludes halogenated alkanes) is 1. The van der Waals surface area contributed by atoms with Crippen LogP contribution in [0.5, 0.6) is 17.2 Å². The van der Waals surface area contributed by atoms with Crippen LogP contribution in [0, 0.1) is 0 Å². The monoisotopic (exact) mass is 569 g/mol. The average molecular weight is 570 g/mol. The van der Waals surface area contributed by atoms with Gasteiger partial charge in [-0.1, -0.05) is 79.8 Å². The number of hydrogen-bond donors (Lipinski definition) is 2. The highest BCUT2D eigenvalue weighted by Crippen LogP contribution is 2.38. The van der Waals surface area contributed by atoms with Gasteiger partial charge in [-0.05, 0) is 42.3 Å². The van der Waals surface area contributed by atoms with E-state index in [0.29, 0.717) is 49.8 Å². The van der Waals surface area contributed by atoms with Crippen molar-refractivity contribution in [1.82, 2.24) is 10.3 Å². The minimum absolute atomic E-state index is 0.0226. The van der Waals surface area contributed by atoms with Crippen LogP contribution in [-0.2, 0) is 5.75 Å². The Morgan fingerprint density at radius 2 is 1.80 bits per heavy atom. The zero-order valence-corrected chi connectivity index (χ0v) is 23.4. The summed E-state index contributed by atoms with van der Waals surface area (Å²) in [4.78, 5) is 27.5. The molecule has 0 aliphatic carbocycles. The summed E-state index contributed by atoms with van der Waals surface area (Å²) in [6.45, 7) is 2.42. The standard InChI is InChI=1S/C31H27N3O4S2/c1-2-3-16-34-29(36)24-11-7-10-23-27(15-14-25(28(23)24)30(34)37)38-22-13-12-21(26(35)17-22)18-32-33-31(39)40-19-20-8-5-4-6-9-20/h4-15,17-18,35H,2-3,16,19H2,1H3,(H,33,39)/b32-18+. The van der Waals surface area contributed by atoms with Crippen LogP contribution in [-0.4, -0.2) is 38.9 Å². The number of thiocarbonyl (C=S) groups is 1. The predicted molar refractivity (Wildman–Crippen MR) is 163 cm³/mol. The summed E-state index contributed by atoms with van der Waals surface area (Å²) in [7, 11) is 0. The molecule has 0 bridgehead atoms. The lowest BCUT2D eigenvalue weighted by molar-refractivity contribution is 0.0608. The van der Waals surface area contributed by atoms with Crippen LogP contribution < -0.4 is 10.2 Å². The smallest absolute Gasteiger partial charge is 0.261 e. The van der Waals surface area contributed by atoms with Crippen molar-refractivity contribution in [2.45, 2.75) is 25.5 Å². The average Bonchev–Trinajstić information content (AvgIpc) is 2.97. The van der Waals surface area contributed by atoms with E-state index in [1.54, 1.807) is 36.4 Å². The van der Waals surface area contributed by atoms with Crippen LogP contribution in [0.4, 0.5) is 0 Å². The van der Waals surface area contributed by atoms with Crippen LogP contribution in [0.25, 0.3) is 10.8 Å². The SMILES string of the molecule is CCCCN1C(=O)c2cccc3c(Oc4ccc(/C=N/NC(=S)SCc5ccccc5)c(O)c4)ccc(c23)C1=O. The molecule has 9 heteroatoms. The Bertz CT molecular complexity index is 1600. The second-order valence-corrected chi connectivity index (χ2v) is 10.9. The number of rotatable bonds is 9. The Morgan fingerprint density at radius 1 is 1.02 bits per heavy atom. The number of carbonyl (C=O) groups is 2. The number of amides is 2. The molecule has 2 amide bonds. The number of phenols is 1. The molecule has 202 valence electrons. The van der Waals surface area contributed by atoms with Crippen LogP contribution >= 0.6 is 24.0 Å². The minimum atomic E-state index is -0.290. The van der Waals surface area contributed by atoms with Crippen molar-refractivity contribution < 1.29 is 19.4 Å². The highest BCUT2D eigenvalue weighted by molar-refractivity contribution is 8.22. The highest BCUT2D eigenvalue weighted by Gasteiger charge is 2.33. The third kappa shape index (κ3) is 5.85. The molecule has 1 aliphatic rings. The van der Waals surface area contributed by atoms with E-state index in [0.717, 1.165) is 24.2 Å². The Balaban J connectivity index is 1.29. The van der Waals surface area contributed by atoms with Crippen LogP contribution in [0.1, 0.15) is 51.6 Å². The quantitative estimate of drug-likeness (QED) is 0.0983. The molecule has 4 aromatic carbocycles. The summed E-state index contributed by atoms with van der Waals surface area (Å²) in [5.74, 6) is 1.01. The van der Waals surface area contributed by atoms with Gasteiger partial charge in [0.25, 0.3) is 11.8 Å². The van der Waals surface area contributed by atoms with Crippen molar-refractivity contribution in [3.05, 3.63) is 101 Å². The minimum Gasteiger partial charge on any atom is -0.507 e. The molecule has 1 heterocycles. The first-order valence-corrected chi connectivity index (χ1v) is 14.3. The van der Waals surface area contributed by atoms with E-state index in [9.17, 15) is 14.7 Å². The summed E-state index contributed by atoms with van der Waals surface area (Å²) in [6.07, 6.45) is 3.12. The van der Waals surface area contributed by atoms with Gasteiger partial charge in [0.15, 0.2) is 4.32 Å². The van der Waals surface area contributed by atoms with Gasteiger partial charge in [0.05, 0.1) is 6.21 Å². The summed E-state index contributed by atoms with van der Waals surface area (Å²) in [6, 6.07) is 23.6. The molecule has 7 nitrogen and oxygen atoms in total. The summed E-state index contributed by atoms with van der Waals surface area (Å²) in [5.41, 5.74) is 5.42. The molecule has 40 heavy (non-hydrogen) atoms. The Morgan fingerprint density at radius 3 is 2.55 bits per heavy atom. The topological polar surface area (TPSA) is 91.2 Å². The van der Waals surface area contributed by atoms with Crippen LogP contribution in [0.2, 0.25) is 0 Å². The van der Waals surface area contributed by atoms with Gasteiger partial charge in [0, 0.05) is 45.8 Å². The molecule has 0 unspecified atom stereocenters. The van der Waals surface area contributed by atoms with Gasteiger partial charge >= 0.3 is 0 Å². The maximum atomic E-state index is 13.1. The van der Waals surface area contributed by atoms with E-state index in [-0.39, 0.29) is 17.6 Å². The lowest BCUT2D eigenvalue weighted by Gasteiger charge is -2.27. The first-order valence-electron chi connectivity index (χ1n) is 12.9. The predicted octanol–water partition coefficient (Wildman–Crippen LogP) is 6.88. The van der Waals surface area contributed by atoms with Gasteiger partial charge in [-0.2, -0.15) is 5.10 Å². The molecule has 5 rings (SSSR count). The number of nitrogens with zero attached hydrogens (tertiary/aromatic N) is 2. The first-order chi connectivity index (χ1) is 19.5. The number of nitrogens with one attached hydrogen (secondary N) is 1. The molecule has 0 fully saturated rings. The van der Waals surface area contributed by atoms with E-state index in [1.165, 1.54) is 28.9 Å². The lowest BCUT2D eigenvalue weighted by Crippen LogP contribution is -2.40. The van der Waals surface area contributed by atoms with E-state index in [2.05, 4.69) is 10.5 Å². The van der Waals surface area contributed by atoms with E-state index in [1.807, 2.05) is 43.3 Å². The van der Waals surface area contributed by atoms with Gasteiger partial charge in [-0.25, -0.2) is 0 Å². The van der Waals surface area contributed by atoms with Crippen molar-refractivity contribution in [2.24, 2.45) is 5.10 Å². The van der Waals surface area contributed by atoms with E-state index in [4.69, 9.17) is 17.0 Å². The normalized spacial score (nSPS) is 12.8. The Kier molecular flexibility index (Phi) is 8.42. The van der Waals surface area contributed by atoms with Crippen LogP contribution in [0.15, 0.2) is 84.0 Å². The number of hydrazone groups is 1. The molecule has 0 aromatic heterocycles. The van der Waals surface area contributed by atoms with E-state index >= 15 is 0 Å². The van der Waals surface area contributed by atoms with Gasteiger partial charge in [-0.3, -0.25) is 19.9 Å². The Labute approximate surface area is 241 Å². The number of imide groups is 1. The number of phenolic OH excluding ortho intramolecular Hbond substituents is 1. The fourth-order valence-electron chi connectivity index (χ4n) is 4.46.